The fourth-order valence-corrected chi connectivity index (χ4v) is 1.86. The predicted molar refractivity (Wildman–Crippen MR) is 76.2 cm³/mol. The summed E-state index contributed by atoms with van der Waals surface area (Å²) in [5.41, 5.74) is 4.41. The zero-order chi connectivity index (χ0) is 13.0. The maximum Gasteiger partial charge on any atom is 0.127 e. The first kappa shape index (κ1) is 12.4. The van der Waals surface area contributed by atoms with Crippen LogP contribution in [0.15, 0.2) is 47.5 Å². The monoisotopic (exact) mass is 239 g/mol. The van der Waals surface area contributed by atoms with Gasteiger partial charge in [0.2, 0.25) is 0 Å². The third-order valence-corrected chi connectivity index (χ3v) is 2.83. The highest BCUT2D eigenvalue weighted by molar-refractivity contribution is 5.85. The Morgan fingerprint density at radius 1 is 1.06 bits per heavy atom. The fourth-order valence-electron chi connectivity index (χ4n) is 1.86. The predicted octanol–water partition coefficient (Wildman–Crippen LogP) is 4.06. The average molecular weight is 239 g/mol. The van der Waals surface area contributed by atoms with Crippen molar-refractivity contribution in [2.24, 2.45) is 4.99 Å². The van der Waals surface area contributed by atoms with Gasteiger partial charge in [-0.1, -0.05) is 29.8 Å². The average Bonchev–Trinajstić information content (AvgIpc) is 2.38. The van der Waals surface area contributed by atoms with Crippen molar-refractivity contribution in [3.8, 4) is 5.75 Å². The van der Waals surface area contributed by atoms with Crippen LogP contribution in [0.25, 0.3) is 0 Å². The van der Waals surface area contributed by atoms with E-state index in [0.717, 1.165) is 17.0 Å². The highest BCUT2D eigenvalue weighted by Crippen LogP contribution is 2.21. The molecule has 0 spiro atoms. The number of methoxy groups -OCH3 is 1. The van der Waals surface area contributed by atoms with Crippen LogP contribution in [0, 0.1) is 13.8 Å². The molecule has 0 fully saturated rings. The lowest BCUT2D eigenvalue weighted by molar-refractivity contribution is 0.414. The molecule has 0 bridgehead atoms. The summed E-state index contributed by atoms with van der Waals surface area (Å²) in [6, 6.07) is 14.1. The van der Waals surface area contributed by atoms with Crippen LogP contribution < -0.4 is 4.74 Å². The number of aryl methyl sites for hydroxylation is 2. The van der Waals surface area contributed by atoms with Gasteiger partial charge in [0.25, 0.3) is 0 Å². The molecule has 92 valence electrons. The Kier molecular flexibility index (Phi) is 3.78. The topological polar surface area (TPSA) is 21.6 Å². The number of aliphatic imine (C=N–C) groups is 1. The molecular formula is C16H17NO. The quantitative estimate of drug-likeness (QED) is 0.740. The van der Waals surface area contributed by atoms with Gasteiger partial charge in [-0.25, -0.2) is 0 Å². The first-order valence-electron chi connectivity index (χ1n) is 5.95. The van der Waals surface area contributed by atoms with Crippen LogP contribution in [0.1, 0.15) is 16.7 Å². The Bertz CT molecular complexity index is 573. The van der Waals surface area contributed by atoms with E-state index in [4.69, 9.17) is 4.74 Å². The van der Waals surface area contributed by atoms with Gasteiger partial charge in [0.05, 0.1) is 12.8 Å². The lowest BCUT2D eigenvalue weighted by Gasteiger charge is -2.04. The van der Waals surface area contributed by atoms with E-state index in [-0.39, 0.29) is 0 Å². The highest BCUT2D eigenvalue weighted by Gasteiger charge is 1.99. The number of ether oxygens (including phenoxy) is 1. The van der Waals surface area contributed by atoms with Crippen molar-refractivity contribution in [3.63, 3.8) is 0 Å². The van der Waals surface area contributed by atoms with Gasteiger partial charge < -0.3 is 4.74 Å². The summed E-state index contributed by atoms with van der Waals surface area (Å²) in [5, 5.41) is 0. The molecule has 2 nitrogen and oxygen atoms in total. The van der Waals surface area contributed by atoms with Crippen molar-refractivity contribution in [2.75, 3.05) is 7.11 Å². The Morgan fingerprint density at radius 2 is 1.83 bits per heavy atom. The normalized spacial score (nSPS) is 10.8. The second-order valence-electron chi connectivity index (χ2n) is 4.29. The molecule has 0 aromatic heterocycles. The van der Waals surface area contributed by atoms with E-state index in [0.29, 0.717) is 0 Å². The number of hydrogen-bond donors (Lipinski definition) is 0. The standard InChI is InChI=1S/C16H17NO/c1-12-8-9-15(13(2)10-12)17-11-14-6-4-5-7-16(14)18-3/h4-11H,1-3H3. The second-order valence-corrected chi connectivity index (χ2v) is 4.29. The Balaban J connectivity index is 2.30. The third-order valence-electron chi connectivity index (χ3n) is 2.83. The maximum absolute atomic E-state index is 5.29. The summed E-state index contributed by atoms with van der Waals surface area (Å²) < 4.78 is 5.29. The van der Waals surface area contributed by atoms with Crippen molar-refractivity contribution in [2.45, 2.75) is 13.8 Å². The van der Waals surface area contributed by atoms with Crippen molar-refractivity contribution in [1.29, 1.82) is 0 Å². The minimum Gasteiger partial charge on any atom is -0.496 e. The largest absolute Gasteiger partial charge is 0.496 e. The zero-order valence-corrected chi connectivity index (χ0v) is 11.0. The summed E-state index contributed by atoms with van der Waals surface area (Å²) in [6.07, 6.45) is 1.84. The third kappa shape index (κ3) is 2.77. The van der Waals surface area contributed by atoms with Gasteiger partial charge in [0.1, 0.15) is 5.75 Å². The molecule has 0 radical (unpaired) electrons. The molecule has 2 heteroatoms. The first-order chi connectivity index (χ1) is 8.70. The van der Waals surface area contributed by atoms with Gasteiger partial charge in [-0.15, -0.1) is 0 Å². The Hall–Kier alpha value is -2.09. The summed E-state index contributed by atoms with van der Waals surface area (Å²) >= 11 is 0. The zero-order valence-electron chi connectivity index (χ0n) is 11.0. The van der Waals surface area contributed by atoms with Crippen molar-refractivity contribution in [3.05, 3.63) is 59.2 Å². The number of hydrogen-bond acceptors (Lipinski definition) is 2. The molecule has 0 heterocycles. The minimum absolute atomic E-state index is 0.839. The SMILES string of the molecule is COc1ccccc1C=Nc1ccc(C)cc1C. The number of para-hydroxylation sites is 1. The first-order valence-corrected chi connectivity index (χ1v) is 5.95. The molecule has 2 aromatic carbocycles. The van der Waals surface area contributed by atoms with Crippen molar-refractivity contribution < 1.29 is 4.74 Å². The van der Waals surface area contributed by atoms with Crippen LogP contribution in [0.5, 0.6) is 5.75 Å². The summed E-state index contributed by atoms with van der Waals surface area (Å²) in [5.74, 6) is 0.839. The van der Waals surface area contributed by atoms with Crippen LogP contribution in [-0.2, 0) is 0 Å². The van der Waals surface area contributed by atoms with Gasteiger partial charge in [0, 0.05) is 11.8 Å². The molecule has 2 rings (SSSR count). The number of nitrogens with zero attached hydrogens (tertiary/aromatic N) is 1. The molecule has 0 N–H and O–H groups in total. The molecule has 0 aliphatic heterocycles. The van der Waals surface area contributed by atoms with Gasteiger partial charge in [-0.2, -0.15) is 0 Å². The van der Waals surface area contributed by atoms with Crippen LogP contribution in [-0.4, -0.2) is 13.3 Å². The lowest BCUT2D eigenvalue weighted by atomic mass is 10.1. The van der Waals surface area contributed by atoms with E-state index in [1.807, 2.05) is 36.5 Å². The fraction of sp³-hybridized carbons (Fsp3) is 0.188. The van der Waals surface area contributed by atoms with Crippen LogP contribution >= 0.6 is 0 Å². The summed E-state index contributed by atoms with van der Waals surface area (Å²) in [4.78, 5) is 4.52. The van der Waals surface area contributed by atoms with Crippen LogP contribution in [0.2, 0.25) is 0 Å². The van der Waals surface area contributed by atoms with Crippen molar-refractivity contribution >= 4 is 11.9 Å². The Morgan fingerprint density at radius 3 is 2.56 bits per heavy atom. The van der Waals surface area contributed by atoms with E-state index >= 15 is 0 Å². The molecule has 0 saturated heterocycles. The molecule has 0 atom stereocenters. The molecular weight excluding hydrogens is 222 g/mol. The van der Waals surface area contributed by atoms with E-state index in [2.05, 4.69) is 31.0 Å². The van der Waals surface area contributed by atoms with Crippen LogP contribution in [0.3, 0.4) is 0 Å². The molecule has 0 saturated carbocycles. The van der Waals surface area contributed by atoms with E-state index in [9.17, 15) is 0 Å². The maximum atomic E-state index is 5.29. The summed E-state index contributed by atoms with van der Waals surface area (Å²) in [6.45, 7) is 4.16. The molecule has 0 unspecified atom stereocenters. The van der Waals surface area contributed by atoms with Gasteiger partial charge in [-0.3, -0.25) is 4.99 Å². The molecule has 0 aliphatic rings. The minimum atomic E-state index is 0.839. The Labute approximate surface area is 108 Å². The number of rotatable bonds is 3. The van der Waals surface area contributed by atoms with Crippen molar-refractivity contribution in [1.82, 2.24) is 0 Å². The molecule has 0 aliphatic carbocycles. The smallest absolute Gasteiger partial charge is 0.127 e. The van der Waals surface area contributed by atoms with Gasteiger partial charge >= 0.3 is 0 Å². The lowest BCUT2D eigenvalue weighted by Crippen LogP contribution is -1.89. The van der Waals surface area contributed by atoms with Gasteiger partial charge in [-0.05, 0) is 37.6 Å². The van der Waals surface area contributed by atoms with Crippen LogP contribution in [0.4, 0.5) is 5.69 Å². The van der Waals surface area contributed by atoms with E-state index in [1.54, 1.807) is 7.11 Å². The van der Waals surface area contributed by atoms with Gasteiger partial charge in [0.15, 0.2) is 0 Å². The summed E-state index contributed by atoms with van der Waals surface area (Å²) in [7, 11) is 1.67. The number of benzene rings is 2. The molecule has 18 heavy (non-hydrogen) atoms. The molecule has 0 amide bonds. The van der Waals surface area contributed by atoms with E-state index in [1.165, 1.54) is 11.1 Å². The highest BCUT2D eigenvalue weighted by atomic mass is 16.5. The molecule has 2 aromatic rings. The van der Waals surface area contributed by atoms with E-state index < -0.39 is 0 Å². The second kappa shape index (κ2) is 5.50.